The van der Waals surface area contributed by atoms with Crippen LogP contribution in [0, 0.1) is 11.3 Å². The first-order valence-corrected chi connectivity index (χ1v) is 6.02. The largest absolute Gasteiger partial charge is 0.327 e. The fourth-order valence-corrected chi connectivity index (χ4v) is 1.94. The monoisotopic (exact) mass is 198 g/mol. The van der Waals surface area contributed by atoms with Crippen molar-refractivity contribution in [3.63, 3.8) is 0 Å². The number of nitrogens with two attached hydrogens (primary N) is 1. The van der Waals surface area contributed by atoms with Crippen LogP contribution in [0.1, 0.15) is 46.5 Å². The van der Waals surface area contributed by atoms with E-state index in [0.29, 0.717) is 11.5 Å². The van der Waals surface area contributed by atoms with Crippen molar-refractivity contribution >= 4 is 0 Å². The van der Waals surface area contributed by atoms with Crippen LogP contribution in [0.2, 0.25) is 0 Å². The molecule has 0 aromatic rings. The minimum absolute atomic E-state index is 0.358. The van der Waals surface area contributed by atoms with E-state index in [1.807, 2.05) is 0 Å². The highest BCUT2D eigenvalue weighted by molar-refractivity contribution is 4.96. The number of unbranched alkanes of at least 4 members (excludes halogenated alkanes) is 1. The highest BCUT2D eigenvalue weighted by Gasteiger charge is 2.44. The maximum Gasteiger partial charge on any atom is 0.0165 e. The lowest BCUT2D eigenvalue weighted by Gasteiger charge is -2.12. The number of hydrogen-bond donors (Lipinski definition) is 2. The normalized spacial score (nSPS) is 26.1. The summed E-state index contributed by atoms with van der Waals surface area (Å²) in [7, 11) is 0. The van der Waals surface area contributed by atoms with Gasteiger partial charge in [-0.1, -0.05) is 33.6 Å². The molecular formula is C12H26N2. The molecule has 1 saturated carbocycles. The van der Waals surface area contributed by atoms with Crippen LogP contribution in [0.4, 0.5) is 0 Å². The van der Waals surface area contributed by atoms with E-state index in [0.717, 1.165) is 25.4 Å². The molecular weight excluding hydrogens is 172 g/mol. The van der Waals surface area contributed by atoms with Gasteiger partial charge in [-0.25, -0.2) is 0 Å². The quantitative estimate of drug-likeness (QED) is 0.658. The van der Waals surface area contributed by atoms with Crippen LogP contribution in [0.5, 0.6) is 0 Å². The van der Waals surface area contributed by atoms with Crippen molar-refractivity contribution in [1.82, 2.24) is 5.32 Å². The fourth-order valence-electron chi connectivity index (χ4n) is 1.94. The van der Waals surface area contributed by atoms with E-state index in [1.54, 1.807) is 0 Å². The lowest BCUT2D eigenvalue weighted by Crippen LogP contribution is -2.35. The summed E-state index contributed by atoms with van der Waals surface area (Å²) >= 11 is 0. The van der Waals surface area contributed by atoms with Gasteiger partial charge < -0.3 is 11.1 Å². The minimum atomic E-state index is 0.358. The Morgan fingerprint density at radius 1 is 1.50 bits per heavy atom. The molecule has 0 aliphatic heterocycles. The van der Waals surface area contributed by atoms with Crippen molar-refractivity contribution < 1.29 is 0 Å². The Labute approximate surface area is 88.6 Å². The lowest BCUT2D eigenvalue weighted by molar-refractivity contribution is 0.481. The average molecular weight is 198 g/mol. The van der Waals surface area contributed by atoms with E-state index in [2.05, 4.69) is 26.1 Å². The Morgan fingerprint density at radius 2 is 2.14 bits per heavy atom. The van der Waals surface area contributed by atoms with Gasteiger partial charge in [0.1, 0.15) is 0 Å². The van der Waals surface area contributed by atoms with Gasteiger partial charge in [0.2, 0.25) is 0 Å². The number of hydrogen-bond acceptors (Lipinski definition) is 2. The number of nitrogens with one attached hydrogen (secondary N) is 1. The molecule has 0 bridgehead atoms. The van der Waals surface area contributed by atoms with Crippen molar-refractivity contribution in [2.45, 2.75) is 52.5 Å². The second-order valence-corrected chi connectivity index (χ2v) is 5.45. The van der Waals surface area contributed by atoms with Crippen LogP contribution in [-0.4, -0.2) is 19.1 Å². The van der Waals surface area contributed by atoms with Gasteiger partial charge in [-0.15, -0.1) is 0 Å². The molecule has 2 heteroatoms. The molecule has 1 aliphatic carbocycles. The van der Waals surface area contributed by atoms with Gasteiger partial charge in [0.05, 0.1) is 0 Å². The summed E-state index contributed by atoms with van der Waals surface area (Å²) in [4.78, 5) is 0. The van der Waals surface area contributed by atoms with E-state index < -0.39 is 0 Å². The Balaban J connectivity index is 1.94. The van der Waals surface area contributed by atoms with E-state index in [4.69, 9.17) is 5.73 Å². The highest BCUT2D eigenvalue weighted by atomic mass is 14.9. The fraction of sp³-hybridized carbons (Fsp3) is 1.00. The summed E-state index contributed by atoms with van der Waals surface area (Å²) in [6.07, 6.45) is 5.06. The highest BCUT2D eigenvalue weighted by Crippen LogP contribution is 2.50. The molecule has 2 atom stereocenters. The van der Waals surface area contributed by atoms with Gasteiger partial charge in [-0.05, 0) is 30.7 Å². The van der Waals surface area contributed by atoms with Gasteiger partial charge >= 0.3 is 0 Å². The Hall–Kier alpha value is -0.0800. The molecule has 3 N–H and O–H groups in total. The third-order valence-corrected chi connectivity index (χ3v) is 3.44. The van der Waals surface area contributed by atoms with Crippen molar-refractivity contribution in [1.29, 1.82) is 0 Å². The van der Waals surface area contributed by atoms with Crippen LogP contribution in [0.3, 0.4) is 0 Å². The van der Waals surface area contributed by atoms with Gasteiger partial charge in [0, 0.05) is 12.6 Å². The van der Waals surface area contributed by atoms with Gasteiger partial charge in [0.15, 0.2) is 0 Å². The van der Waals surface area contributed by atoms with Crippen LogP contribution in [-0.2, 0) is 0 Å². The van der Waals surface area contributed by atoms with Crippen LogP contribution in [0.15, 0.2) is 0 Å². The maximum atomic E-state index is 5.97. The van der Waals surface area contributed by atoms with Crippen molar-refractivity contribution in [2.75, 3.05) is 13.1 Å². The zero-order valence-electron chi connectivity index (χ0n) is 9.97. The van der Waals surface area contributed by atoms with Gasteiger partial charge in [0.25, 0.3) is 0 Å². The summed E-state index contributed by atoms with van der Waals surface area (Å²) < 4.78 is 0. The van der Waals surface area contributed by atoms with Crippen molar-refractivity contribution in [2.24, 2.45) is 17.1 Å². The van der Waals surface area contributed by atoms with Crippen LogP contribution >= 0.6 is 0 Å². The predicted octanol–water partition coefficient (Wildman–Crippen LogP) is 2.14. The predicted molar refractivity (Wildman–Crippen MR) is 62.3 cm³/mol. The molecule has 0 heterocycles. The molecule has 0 aromatic heterocycles. The van der Waals surface area contributed by atoms with Gasteiger partial charge in [-0.2, -0.15) is 0 Å². The van der Waals surface area contributed by atoms with Crippen LogP contribution < -0.4 is 11.1 Å². The van der Waals surface area contributed by atoms with Gasteiger partial charge in [-0.3, -0.25) is 0 Å². The molecule has 1 aliphatic rings. The van der Waals surface area contributed by atoms with E-state index in [9.17, 15) is 0 Å². The smallest absolute Gasteiger partial charge is 0.0165 e. The van der Waals surface area contributed by atoms with Crippen LogP contribution in [0.25, 0.3) is 0 Å². The second kappa shape index (κ2) is 5.13. The summed E-state index contributed by atoms with van der Waals surface area (Å²) in [5.74, 6) is 0.890. The molecule has 2 unspecified atom stereocenters. The third kappa shape index (κ3) is 3.97. The molecule has 0 radical (unpaired) electrons. The van der Waals surface area contributed by atoms with Crippen molar-refractivity contribution in [3.05, 3.63) is 0 Å². The SMILES string of the molecule is CCCCC(N)CNCC1CC1(C)C. The molecule has 1 rings (SSSR count). The summed E-state index contributed by atoms with van der Waals surface area (Å²) in [6, 6.07) is 0.358. The minimum Gasteiger partial charge on any atom is -0.327 e. The molecule has 0 amide bonds. The topological polar surface area (TPSA) is 38.0 Å². The Kier molecular flexibility index (Phi) is 4.39. The first-order valence-electron chi connectivity index (χ1n) is 6.02. The van der Waals surface area contributed by atoms with E-state index in [1.165, 1.54) is 19.3 Å². The molecule has 0 spiro atoms. The van der Waals surface area contributed by atoms with E-state index in [-0.39, 0.29) is 0 Å². The summed E-state index contributed by atoms with van der Waals surface area (Å²) in [5.41, 5.74) is 6.57. The Morgan fingerprint density at radius 3 is 2.64 bits per heavy atom. The third-order valence-electron chi connectivity index (χ3n) is 3.44. The van der Waals surface area contributed by atoms with Crippen molar-refractivity contribution in [3.8, 4) is 0 Å². The molecule has 0 saturated heterocycles. The van der Waals surface area contributed by atoms with E-state index >= 15 is 0 Å². The first kappa shape index (κ1) is 12.0. The standard InChI is InChI=1S/C12H26N2/c1-4-5-6-11(13)9-14-8-10-7-12(10,2)3/h10-11,14H,4-9,13H2,1-3H3. The zero-order valence-corrected chi connectivity index (χ0v) is 9.97. The Bertz CT molecular complexity index is 166. The molecule has 0 aromatic carbocycles. The number of rotatable bonds is 7. The molecule has 2 nitrogen and oxygen atoms in total. The summed E-state index contributed by atoms with van der Waals surface area (Å²) in [5, 5.41) is 3.49. The summed E-state index contributed by atoms with van der Waals surface area (Å²) in [6.45, 7) is 9.05. The average Bonchev–Trinajstić information content (AvgIpc) is 2.71. The zero-order chi connectivity index (χ0) is 10.6. The molecule has 1 fully saturated rings. The molecule has 14 heavy (non-hydrogen) atoms. The lowest BCUT2D eigenvalue weighted by atomic mass is 10.1. The maximum absolute atomic E-state index is 5.97. The first-order chi connectivity index (χ1) is 6.56. The molecule has 84 valence electrons. The second-order valence-electron chi connectivity index (χ2n) is 5.45.